The summed E-state index contributed by atoms with van der Waals surface area (Å²) in [5.41, 5.74) is 1.03. The second kappa shape index (κ2) is 7.14. The molecular formula is C16H23ClN2O2. The average molecular weight is 311 g/mol. The molecular weight excluding hydrogens is 288 g/mol. The highest BCUT2D eigenvalue weighted by atomic mass is 35.5. The summed E-state index contributed by atoms with van der Waals surface area (Å²) in [5.74, 6) is 0.950. The predicted octanol–water partition coefficient (Wildman–Crippen LogP) is 2.06. The number of nitrogens with one attached hydrogen (secondary N) is 2. The highest BCUT2D eigenvalue weighted by Crippen LogP contribution is 2.26. The van der Waals surface area contributed by atoms with Crippen LogP contribution < -0.4 is 15.4 Å². The Morgan fingerprint density at radius 3 is 2.43 bits per heavy atom. The molecule has 1 amide bonds. The number of rotatable bonds is 4. The monoisotopic (exact) mass is 310 g/mol. The first-order valence-corrected chi connectivity index (χ1v) is 7.41. The van der Waals surface area contributed by atoms with E-state index in [9.17, 15) is 4.79 Å². The number of fused-ring (bicyclic) bond motifs is 2. The number of halogens is 1. The molecule has 5 heteroatoms. The average Bonchev–Trinajstić information content (AvgIpc) is 2.78. The number of hydrogen-bond donors (Lipinski definition) is 2. The van der Waals surface area contributed by atoms with E-state index in [0.717, 1.165) is 24.2 Å². The fourth-order valence-corrected chi connectivity index (χ4v) is 3.38. The summed E-state index contributed by atoms with van der Waals surface area (Å²) in [6.07, 6.45) is 5.12. The number of hydrogen-bond acceptors (Lipinski definition) is 3. The lowest BCUT2D eigenvalue weighted by molar-refractivity contribution is -0.121. The zero-order valence-electron chi connectivity index (χ0n) is 12.3. The largest absolute Gasteiger partial charge is 0.497 e. The number of carbonyl (C=O) groups excluding carboxylic acids is 1. The molecule has 0 spiro atoms. The van der Waals surface area contributed by atoms with Crippen LogP contribution in [0.1, 0.15) is 31.2 Å². The van der Waals surface area contributed by atoms with E-state index < -0.39 is 0 Å². The van der Waals surface area contributed by atoms with Crippen LogP contribution >= 0.6 is 12.4 Å². The molecule has 116 valence electrons. The summed E-state index contributed by atoms with van der Waals surface area (Å²) in [4.78, 5) is 12.1. The minimum atomic E-state index is 0. The van der Waals surface area contributed by atoms with E-state index in [4.69, 9.17) is 4.74 Å². The summed E-state index contributed by atoms with van der Waals surface area (Å²) < 4.78 is 5.12. The Morgan fingerprint density at radius 1 is 1.24 bits per heavy atom. The highest BCUT2D eigenvalue weighted by molar-refractivity contribution is 5.85. The van der Waals surface area contributed by atoms with Crippen molar-refractivity contribution in [1.29, 1.82) is 0 Å². The molecule has 2 unspecified atom stereocenters. The van der Waals surface area contributed by atoms with Crippen LogP contribution in [0.5, 0.6) is 5.75 Å². The summed E-state index contributed by atoms with van der Waals surface area (Å²) in [7, 11) is 1.65. The summed E-state index contributed by atoms with van der Waals surface area (Å²) >= 11 is 0. The predicted molar refractivity (Wildman–Crippen MR) is 85.1 cm³/mol. The molecule has 2 aliphatic heterocycles. The maximum absolute atomic E-state index is 12.1. The number of carbonyl (C=O) groups is 1. The smallest absolute Gasteiger partial charge is 0.224 e. The third-order valence-corrected chi connectivity index (χ3v) is 4.36. The van der Waals surface area contributed by atoms with Crippen LogP contribution in [0.15, 0.2) is 24.3 Å². The SMILES string of the molecule is COc1ccc(CC(=O)NC2CC3CCC(C2)N3)cc1.Cl. The third-order valence-electron chi connectivity index (χ3n) is 4.36. The lowest BCUT2D eigenvalue weighted by atomic mass is 9.99. The number of methoxy groups -OCH3 is 1. The Bertz CT molecular complexity index is 466. The summed E-state index contributed by atoms with van der Waals surface area (Å²) in [5, 5.41) is 6.78. The standard InChI is InChI=1S/C16H22N2O2.ClH/c1-20-15-6-2-11(3-7-15)8-16(19)18-14-9-12-4-5-13(10-14)17-12;/h2-3,6-7,12-14,17H,4-5,8-10H2,1H3,(H,18,19);1H. The van der Waals surface area contributed by atoms with Crippen LogP contribution in [-0.2, 0) is 11.2 Å². The highest BCUT2D eigenvalue weighted by Gasteiger charge is 2.33. The van der Waals surface area contributed by atoms with Crippen molar-refractivity contribution < 1.29 is 9.53 Å². The van der Waals surface area contributed by atoms with Gasteiger partial charge in [0, 0.05) is 18.1 Å². The van der Waals surface area contributed by atoms with Crippen LogP contribution in [0.4, 0.5) is 0 Å². The van der Waals surface area contributed by atoms with E-state index in [-0.39, 0.29) is 18.3 Å². The molecule has 0 aromatic heterocycles. The van der Waals surface area contributed by atoms with Gasteiger partial charge in [0.05, 0.1) is 13.5 Å². The van der Waals surface area contributed by atoms with Gasteiger partial charge in [0.2, 0.25) is 5.91 Å². The van der Waals surface area contributed by atoms with Gasteiger partial charge in [-0.1, -0.05) is 12.1 Å². The fraction of sp³-hybridized carbons (Fsp3) is 0.562. The Hall–Kier alpha value is -1.26. The number of benzene rings is 1. The zero-order chi connectivity index (χ0) is 13.9. The second-order valence-corrected chi connectivity index (χ2v) is 5.90. The normalized spacial score (nSPS) is 26.8. The van der Waals surface area contributed by atoms with Gasteiger partial charge in [-0.05, 0) is 43.4 Å². The second-order valence-electron chi connectivity index (χ2n) is 5.90. The van der Waals surface area contributed by atoms with Crippen LogP contribution in [0.2, 0.25) is 0 Å². The van der Waals surface area contributed by atoms with Crippen molar-refractivity contribution in [2.24, 2.45) is 0 Å². The minimum Gasteiger partial charge on any atom is -0.497 e. The van der Waals surface area contributed by atoms with Crippen molar-refractivity contribution in [3.63, 3.8) is 0 Å². The molecule has 1 aromatic carbocycles. The van der Waals surface area contributed by atoms with Gasteiger partial charge < -0.3 is 15.4 Å². The van der Waals surface area contributed by atoms with Gasteiger partial charge in [0.25, 0.3) is 0 Å². The van der Waals surface area contributed by atoms with Crippen molar-refractivity contribution in [3.8, 4) is 5.75 Å². The Balaban J connectivity index is 0.00000161. The summed E-state index contributed by atoms with van der Waals surface area (Å²) in [6, 6.07) is 9.26. The van der Waals surface area contributed by atoms with E-state index in [2.05, 4.69) is 10.6 Å². The number of amides is 1. The van der Waals surface area contributed by atoms with E-state index >= 15 is 0 Å². The quantitative estimate of drug-likeness (QED) is 0.895. The first kappa shape index (κ1) is 16.1. The zero-order valence-corrected chi connectivity index (χ0v) is 13.1. The third kappa shape index (κ3) is 4.11. The lowest BCUT2D eigenvalue weighted by Crippen LogP contribution is -2.48. The van der Waals surface area contributed by atoms with Crippen molar-refractivity contribution in [1.82, 2.24) is 10.6 Å². The lowest BCUT2D eigenvalue weighted by Gasteiger charge is -2.29. The molecule has 0 saturated carbocycles. The van der Waals surface area contributed by atoms with Crippen LogP contribution in [0, 0.1) is 0 Å². The fourth-order valence-electron chi connectivity index (χ4n) is 3.38. The minimum absolute atomic E-state index is 0. The van der Waals surface area contributed by atoms with Gasteiger partial charge in [-0.25, -0.2) is 0 Å². The van der Waals surface area contributed by atoms with Gasteiger partial charge >= 0.3 is 0 Å². The molecule has 1 aromatic rings. The first-order valence-electron chi connectivity index (χ1n) is 7.41. The molecule has 3 rings (SSSR count). The van der Waals surface area contributed by atoms with Crippen LogP contribution in [-0.4, -0.2) is 31.1 Å². The molecule has 0 radical (unpaired) electrons. The Kier molecular flexibility index (Phi) is 5.48. The van der Waals surface area contributed by atoms with Gasteiger partial charge in [0.1, 0.15) is 5.75 Å². The van der Waals surface area contributed by atoms with Crippen molar-refractivity contribution in [2.75, 3.05) is 7.11 Å². The molecule has 2 atom stereocenters. The Morgan fingerprint density at radius 2 is 1.86 bits per heavy atom. The van der Waals surface area contributed by atoms with Gasteiger partial charge in [0.15, 0.2) is 0 Å². The molecule has 2 heterocycles. The van der Waals surface area contributed by atoms with Gasteiger partial charge in [-0.15, -0.1) is 12.4 Å². The van der Waals surface area contributed by atoms with Crippen molar-refractivity contribution in [2.45, 2.75) is 50.2 Å². The molecule has 0 aliphatic carbocycles. The molecule has 2 aliphatic rings. The number of ether oxygens (including phenoxy) is 1. The molecule has 2 bridgehead atoms. The van der Waals surface area contributed by atoms with Gasteiger partial charge in [-0.2, -0.15) is 0 Å². The molecule has 2 N–H and O–H groups in total. The maximum atomic E-state index is 12.1. The van der Waals surface area contributed by atoms with E-state index in [1.54, 1.807) is 7.11 Å². The first-order chi connectivity index (χ1) is 9.72. The summed E-state index contributed by atoms with van der Waals surface area (Å²) in [6.45, 7) is 0. The van der Waals surface area contributed by atoms with Crippen LogP contribution in [0.25, 0.3) is 0 Å². The van der Waals surface area contributed by atoms with Crippen molar-refractivity contribution in [3.05, 3.63) is 29.8 Å². The van der Waals surface area contributed by atoms with E-state index in [0.29, 0.717) is 24.5 Å². The van der Waals surface area contributed by atoms with E-state index in [1.807, 2.05) is 24.3 Å². The molecule has 2 saturated heterocycles. The molecule has 4 nitrogen and oxygen atoms in total. The van der Waals surface area contributed by atoms with Crippen molar-refractivity contribution >= 4 is 18.3 Å². The Labute approximate surface area is 132 Å². The molecule has 2 fully saturated rings. The van der Waals surface area contributed by atoms with Gasteiger partial charge in [-0.3, -0.25) is 4.79 Å². The van der Waals surface area contributed by atoms with E-state index in [1.165, 1.54) is 12.8 Å². The number of piperidine rings is 1. The van der Waals surface area contributed by atoms with Crippen LogP contribution in [0.3, 0.4) is 0 Å². The maximum Gasteiger partial charge on any atom is 0.224 e. The molecule has 21 heavy (non-hydrogen) atoms. The topological polar surface area (TPSA) is 50.4 Å².